The summed E-state index contributed by atoms with van der Waals surface area (Å²) in [5.41, 5.74) is 0. The van der Waals surface area contributed by atoms with Gasteiger partial charge in [0, 0.05) is 6.04 Å². The molecule has 3 atom stereocenters. The van der Waals surface area contributed by atoms with Crippen LogP contribution in [0.5, 0.6) is 0 Å². The minimum Gasteiger partial charge on any atom is -0.378 e. The topological polar surface area (TPSA) is 23.5 Å². The maximum Gasteiger partial charge on any atom is 0.107 e. The van der Waals surface area contributed by atoms with Gasteiger partial charge in [-0.1, -0.05) is 20.3 Å². The highest BCUT2D eigenvalue weighted by Crippen LogP contribution is 2.35. The second-order valence-electron chi connectivity index (χ2n) is 4.25. The fourth-order valence-electron chi connectivity index (χ4n) is 2.30. The monoisotopic (exact) mass is 185 g/mol. The number of hydrogen-bond acceptors (Lipinski definition) is 2. The highest BCUT2D eigenvalue weighted by Gasteiger charge is 2.34. The molecule has 1 saturated carbocycles. The maximum absolute atomic E-state index is 9.67. The van der Waals surface area contributed by atoms with Gasteiger partial charge < -0.3 is 5.11 Å². The molecule has 13 heavy (non-hydrogen) atoms. The average Bonchev–Trinajstić information content (AvgIpc) is 2.10. The van der Waals surface area contributed by atoms with E-state index in [1.54, 1.807) is 0 Å². The summed E-state index contributed by atoms with van der Waals surface area (Å²) in [4.78, 5) is 2.16. The van der Waals surface area contributed by atoms with E-state index in [2.05, 4.69) is 18.9 Å². The summed E-state index contributed by atoms with van der Waals surface area (Å²) in [5.74, 6) is 0.844. The van der Waals surface area contributed by atoms with Gasteiger partial charge in [0.1, 0.15) is 6.23 Å². The molecular formula is C11H23NO. The maximum atomic E-state index is 9.67. The zero-order valence-corrected chi connectivity index (χ0v) is 9.16. The molecule has 1 rings (SSSR count). The van der Waals surface area contributed by atoms with Gasteiger partial charge in [-0.25, -0.2) is 0 Å². The van der Waals surface area contributed by atoms with E-state index in [1.807, 2.05) is 6.92 Å². The third-order valence-corrected chi connectivity index (χ3v) is 3.40. The molecule has 0 aliphatic heterocycles. The quantitative estimate of drug-likeness (QED) is 0.664. The van der Waals surface area contributed by atoms with E-state index in [1.165, 1.54) is 25.7 Å². The molecule has 1 aliphatic rings. The highest BCUT2D eigenvalue weighted by atomic mass is 16.3. The van der Waals surface area contributed by atoms with Crippen LogP contribution >= 0.6 is 0 Å². The fourth-order valence-corrected chi connectivity index (χ4v) is 2.30. The summed E-state index contributed by atoms with van der Waals surface area (Å²) in [6.07, 6.45) is 5.84. The first kappa shape index (κ1) is 11.0. The van der Waals surface area contributed by atoms with E-state index in [4.69, 9.17) is 0 Å². The summed E-state index contributed by atoms with van der Waals surface area (Å²) in [6, 6.07) is 0.648. The summed E-state index contributed by atoms with van der Waals surface area (Å²) >= 11 is 0. The van der Waals surface area contributed by atoms with Gasteiger partial charge in [0.05, 0.1) is 0 Å². The van der Waals surface area contributed by atoms with Crippen LogP contribution in [0.25, 0.3) is 0 Å². The summed E-state index contributed by atoms with van der Waals surface area (Å²) in [5, 5.41) is 9.67. The molecule has 2 heteroatoms. The molecule has 3 unspecified atom stereocenters. The summed E-state index contributed by atoms with van der Waals surface area (Å²) in [6.45, 7) is 4.28. The van der Waals surface area contributed by atoms with Crippen LogP contribution in [0.15, 0.2) is 0 Å². The lowest BCUT2D eigenvalue weighted by atomic mass is 9.76. The minimum absolute atomic E-state index is 0.232. The third kappa shape index (κ3) is 2.44. The molecule has 0 amide bonds. The van der Waals surface area contributed by atoms with Gasteiger partial charge in [-0.05, 0) is 38.6 Å². The van der Waals surface area contributed by atoms with Gasteiger partial charge in [0.15, 0.2) is 0 Å². The second kappa shape index (κ2) is 4.97. The molecule has 1 N–H and O–H groups in total. The molecular weight excluding hydrogens is 162 g/mol. The number of hydrogen-bond donors (Lipinski definition) is 1. The van der Waals surface area contributed by atoms with E-state index in [-0.39, 0.29) is 6.23 Å². The van der Waals surface area contributed by atoms with E-state index in [0.29, 0.717) is 6.04 Å². The normalized spacial score (nSPS) is 30.2. The Morgan fingerprint density at radius 1 is 1.38 bits per heavy atom. The van der Waals surface area contributed by atoms with Crippen molar-refractivity contribution in [2.75, 3.05) is 7.05 Å². The molecule has 0 heterocycles. The van der Waals surface area contributed by atoms with Crippen molar-refractivity contribution >= 4 is 0 Å². The van der Waals surface area contributed by atoms with Crippen molar-refractivity contribution in [1.82, 2.24) is 4.90 Å². The first-order valence-corrected chi connectivity index (χ1v) is 5.60. The van der Waals surface area contributed by atoms with Gasteiger partial charge >= 0.3 is 0 Å². The van der Waals surface area contributed by atoms with Crippen LogP contribution in [0.4, 0.5) is 0 Å². The lowest BCUT2D eigenvalue weighted by Gasteiger charge is -2.44. The molecule has 0 aromatic rings. The molecule has 1 fully saturated rings. The zero-order chi connectivity index (χ0) is 9.84. The number of rotatable bonds is 5. The van der Waals surface area contributed by atoms with E-state index < -0.39 is 0 Å². The standard InChI is InChI=1S/C11H23NO/c1-4-6-9-7-8-10(9)12(3)11(13)5-2/h9-11,13H,4-8H2,1-3H3. The van der Waals surface area contributed by atoms with Crippen LogP contribution < -0.4 is 0 Å². The number of nitrogens with zero attached hydrogens (tertiary/aromatic N) is 1. The highest BCUT2D eigenvalue weighted by molar-refractivity contribution is 4.87. The van der Waals surface area contributed by atoms with E-state index >= 15 is 0 Å². The van der Waals surface area contributed by atoms with Crippen molar-refractivity contribution in [1.29, 1.82) is 0 Å². The average molecular weight is 185 g/mol. The van der Waals surface area contributed by atoms with Crippen LogP contribution in [0.2, 0.25) is 0 Å². The summed E-state index contributed by atoms with van der Waals surface area (Å²) < 4.78 is 0. The first-order valence-electron chi connectivity index (χ1n) is 5.60. The van der Waals surface area contributed by atoms with Crippen LogP contribution in [-0.4, -0.2) is 29.3 Å². The van der Waals surface area contributed by atoms with Gasteiger partial charge in [-0.2, -0.15) is 0 Å². The first-order chi connectivity index (χ1) is 6.20. The van der Waals surface area contributed by atoms with Crippen molar-refractivity contribution in [3.63, 3.8) is 0 Å². The molecule has 0 aromatic heterocycles. The molecule has 0 saturated heterocycles. The molecule has 0 radical (unpaired) electrons. The minimum atomic E-state index is -0.232. The molecule has 0 aromatic carbocycles. The number of aliphatic hydroxyl groups is 1. The Hall–Kier alpha value is -0.0800. The summed E-state index contributed by atoms with van der Waals surface area (Å²) in [7, 11) is 2.06. The Bertz CT molecular complexity index is 149. The predicted molar refractivity (Wildman–Crippen MR) is 55.5 cm³/mol. The zero-order valence-electron chi connectivity index (χ0n) is 9.16. The van der Waals surface area contributed by atoms with Crippen molar-refractivity contribution < 1.29 is 5.11 Å². The molecule has 1 aliphatic carbocycles. The molecule has 0 bridgehead atoms. The van der Waals surface area contributed by atoms with Crippen molar-refractivity contribution in [3.8, 4) is 0 Å². The lowest BCUT2D eigenvalue weighted by molar-refractivity contribution is -0.0554. The molecule has 78 valence electrons. The van der Waals surface area contributed by atoms with Gasteiger partial charge in [0.25, 0.3) is 0 Å². The third-order valence-electron chi connectivity index (χ3n) is 3.40. The second-order valence-corrected chi connectivity index (χ2v) is 4.25. The lowest BCUT2D eigenvalue weighted by Crippen LogP contribution is -2.49. The van der Waals surface area contributed by atoms with Crippen LogP contribution in [0, 0.1) is 5.92 Å². The van der Waals surface area contributed by atoms with Crippen LogP contribution in [0.1, 0.15) is 46.0 Å². The Morgan fingerprint density at radius 3 is 2.46 bits per heavy atom. The Morgan fingerprint density at radius 2 is 2.08 bits per heavy atom. The van der Waals surface area contributed by atoms with Gasteiger partial charge in [-0.3, -0.25) is 4.90 Å². The SMILES string of the molecule is CCCC1CCC1N(C)C(O)CC. The molecule has 2 nitrogen and oxygen atoms in total. The Labute approximate surface area is 81.9 Å². The van der Waals surface area contributed by atoms with E-state index in [9.17, 15) is 5.11 Å². The van der Waals surface area contributed by atoms with E-state index in [0.717, 1.165) is 12.3 Å². The van der Waals surface area contributed by atoms with Gasteiger partial charge in [0.2, 0.25) is 0 Å². The Kier molecular flexibility index (Phi) is 4.20. The van der Waals surface area contributed by atoms with Crippen LogP contribution in [0.3, 0.4) is 0 Å². The fraction of sp³-hybridized carbons (Fsp3) is 1.00. The smallest absolute Gasteiger partial charge is 0.107 e. The largest absolute Gasteiger partial charge is 0.378 e. The Balaban J connectivity index is 2.34. The van der Waals surface area contributed by atoms with Crippen LogP contribution in [-0.2, 0) is 0 Å². The predicted octanol–water partition coefficient (Wildman–Crippen LogP) is 2.23. The van der Waals surface area contributed by atoms with Crippen molar-refractivity contribution in [2.45, 2.75) is 58.2 Å². The van der Waals surface area contributed by atoms with Gasteiger partial charge in [-0.15, -0.1) is 0 Å². The molecule has 0 spiro atoms. The number of aliphatic hydroxyl groups excluding tert-OH is 1. The van der Waals surface area contributed by atoms with Crippen molar-refractivity contribution in [2.24, 2.45) is 5.92 Å². The van der Waals surface area contributed by atoms with Crippen molar-refractivity contribution in [3.05, 3.63) is 0 Å².